The van der Waals surface area contributed by atoms with Crippen LogP contribution in [0.1, 0.15) is 0 Å². The van der Waals surface area contributed by atoms with Crippen molar-refractivity contribution in [2.24, 2.45) is 0 Å². The van der Waals surface area contributed by atoms with E-state index in [4.69, 9.17) is 0 Å². The van der Waals surface area contributed by atoms with Crippen molar-refractivity contribution in [3.05, 3.63) is 115 Å². The number of fused-ring (bicyclic) bond motifs is 6. The van der Waals surface area contributed by atoms with Crippen LogP contribution in [0.3, 0.4) is 0 Å². The van der Waals surface area contributed by atoms with Crippen molar-refractivity contribution in [3.8, 4) is 16.8 Å². The van der Waals surface area contributed by atoms with Gasteiger partial charge in [-0.15, -0.1) is 11.3 Å². The molecule has 0 radical (unpaired) electrons. The zero-order valence-electron chi connectivity index (χ0n) is 17.3. The minimum atomic E-state index is 1.19. The predicted molar refractivity (Wildman–Crippen MR) is 139 cm³/mol. The number of para-hydroxylation sites is 2. The molecule has 5 aromatic carbocycles. The first-order valence-electron chi connectivity index (χ1n) is 10.9. The Balaban J connectivity index is 1.56. The van der Waals surface area contributed by atoms with Gasteiger partial charge in [-0.1, -0.05) is 72.8 Å². The van der Waals surface area contributed by atoms with Gasteiger partial charge in [-0.3, -0.25) is 0 Å². The molecule has 0 saturated heterocycles. The minimum Gasteiger partial charge on any atom is -0.309 e. The first kappa shape index (κ1) is 17.8. The Morgan fingerprint density at radius 2 is 1.22 bits per heavy atom. The van der Waals surface area contributed by atoms with Crippen LogP contribution in [0.2, 0.25) is 0 Å². The zero-order valence-corrected chi connectivity index (χ0v) is 18.1. The minimum absolute atomic E-state index is 1.19. The van der Waals surface area contributed by atoms with E-state index < -0.39 is 0 Å². The van der Waals surface area contributed by atoms with Crippen molar-refractivity contribution < 1.29 is 0 Å². The molecule has 0 fully saturated rings. The normalized spacial score (nSPS) is 11.8. The highest BCUT2D eigenvalue weighted by molar-refractivity contribution is 7.25. The molecule has 0 unspecified atom stereocenters. The van der Waals surface area contributed by atoms with Gasteiger partial charge in [-0.05, 0) is 53.6 Å². The molecule has 2 heterocycles. The number of hydrogen-bond acceptors (Lipinski definition) is 1. The van der Waals surface area contributed by atoms with Gasteiger partial charge in [0.2, 0.25) is 0 Å². The van der Waals surface area contributed by atoms with Crippen molar-refractivity contribution in [1.29, 1.82) is 0 Å². The predicted octanol–water partition coefficient (Wildman–Crippen LogP) is 8.82. The van der Waals surface area contributed by atoms with Gasteiger partial charge in [0.05, 0.1) is 11.0 Å². The fourth-order valence-electron chi connectivity index (χ4n) is 5.01. The Morgan fingerprint density at radius 1 is 0.500 bits per heavy atom. The van der Waals surface area contributed by atoms with Gasteiger partial charge < -0.3 is 4.57 Å². The molecule has 7 aromatic rings. The third-order valence-electron chi connectivity index (χ3n) is 6.40. The van der Waals surface area contributed by atoms with E-state index in [2.05, 4.69) is 120 Å². The van der Waals surface area contributed by atoms with E-state index in [1.165, 1.54) is 58.8 Å². The Morgan fingerprint density at radius 3 is 2.12 bits per heavy atom. The number of benzene rings is 5. The average molecular weight is 426 g/mol. The Hall–Kier alpha value is -3.88. The summed E-state index contributed by atoms with van der Waals surface area (Å²) in [6.07, 6.45) is 0. The zero-order chi connectivity index (χ0) is 21.1. The first-order valence-corrected chi connectivity index (χ1v) is 11.7. The third kappa shape index (κ3) is 2.50. The molecular formula is C30H19NS. The lowest BCUT2D eigenvalue weighted by Gasteiger charge is -2.09. The van der Waals surface area contributed by atoms with Crippen LogP contribution in [-0.4, -0.2) is 4.57 Å². The Kier molecular flexibility index (Phi) is 3.78. The highest BCUT2D eigenvalue weighted by Crippen LogP contribution is 2.41. The van der Waals surface area contributed by atoms with E-state index in [0.717, 1.165) is 0 Å². The number of rotatable bonds is 2. The molecule has 0 spiro atoms. The summed E-state index contributed by atoms with van der Waals surface area (Å²) in [4.78, 5) is 0. The number of hydrogen-bond donors (Lipinski definition) is 0. The summed E-state index contributed by atoms with van der Waals surface area (Å²) in [6.45, 7) is 0. The molecule has 0 aliphatic heterocycles. The van der Waals surface area contributed by atoms with Crippen molar-refractivity contribution in [2.45, 2.75) is 0 Å². The largest absolute Gasteiger partial charge is 0.309 e. The lowest BCUT2D eigenvalue weighted by Crippen LogP contribution is -1.92. The monoisotopic (exact) mass is 425 g/mol. The van der Waals surface area contributed by atoms with Crippen molar-refractivity contribution in [3.63, 3.8) is 0 Å². The molecule has 0 aliphatic carbocycles. The summed E-state index contributed by atoms with van der Waals surface area (Å²) in [5, 5.41) is 5.28. The van der Waals surface area contributed by atoms with Gasteiger partial charge in [-0.2, -0.15) is 0 Å². The maximum absolute atomic E-state index is 2.37. The Labute approximate surface area is 189 Å². The smallest absolute Gasteiger partial charge is 0.0541 e. The molecule has 0 saturated carbocycles. The lowest BCUT2D eigenvalue weighted by molar-refractivity contribution is 1.18. The maximum atomic E-state index is 2.37. The summed E-state index contributed by atoms with van der Waals surface area (Å²) < 4.78 is 5.06. The van der Waals surface area contributed by atoms with Crippen LogP contribution in [0.5, 0.6) is 0 Å². The van der Waals surface area contributed by atoms with E-state index in [1.54, 1.807) is 0 Å². The second-order valence-corrected chi connectivity index (χ2v) is 9.28. The molecular weight excluding hydrogens is 406 g/mol. The molecule has 0 amide bonds. The Bertz CT molecular complexity index is 1770. The highest BCUT2D eigenvalue weighted by atomic mass is 32.1. The maximum Gasteiger partial charge on any atom is 0.0541 e. The number of nitrogens with zero attached hydrogens (tertiary/aromatic N) is 1. The first-order chi connectivity index (χ1) is 15.9. The van der Waals surface area contributed by atoms with E-state index in [1.807, 2.05) is 11.3 Å². The highest BCUT2D eigenvalue weighted by Gasteiger charge is 2.15. The van der Waals surface area contributed by atoms with Gasteiger partial charge in [0.15, 0.2) is 0 Å². The molecule has 32 heavy (non-hydrogen) atoms. The SMILES string of the molecule is c1ccc(-n2c3ccccc3c3cc(-c4cccc5sc6ccccc6c45)ccc32)cc1. The van der Waals surface area contributed by atoms with Crippen LogP contribution in [0, 0.1) is 0 Å². The second kappa shape index (κ2) is 6.81. The van der Waals surface area contributed by atoms with Crippen LogP contribution in [0.4, 0.5) is 0 Å². The quantitative estimate of drug-likeness (QED) is 0.261. The average Bonchev–Trinajstić information content (AvgIpc) is 3.40. The van der Waals surface area contributed by atoms with E-state index in [-0.39, 0.29) is 0 Å². The summed E-state index contributed by atoms with van der Waals surface area (Å²) in [7, 11) is 0. The summed E-state index contributed by atoms with van der Waals surface area (Å²) >= 11 is 1.87. The molecule has 150 valence electrons. The molecule has 2 heteroatoms. The van der Waals surface area contributed by atoms with Gasteiger partial charge in [0, 0.05) is 36.6 Å². The van der Waals surface area contributed by atoms with Crippen molar-refractivity contribution >= 4 is 53.3 Å². The van der Waals surface area contributed by atoms with Crippen LogP contribution in [-0.2, 0) is 0 Å². The van der Waals surface area contributed by atoms with Crippen LogP contribution in [0.25, 0.3) is 58.8 Å². The molecule has 7 rings (SSSR count). The van der Waals surface area contributed by atoms with Crippen LogP contribution in [0.15, 0.2) is 115 Å². The van der Waals surface area contributed by atoms with Gasteiger partial charge in [0.1, 0.15) is 0 Å². The standard InChI is InChI=1S/C30H19NS/c1-2-9-21(10-3-1)31-26-14-6-4-11-23(26)25-19-20(17-18-27(25)31)22-13-8-16-29-30(22)24-12-5-7-15-28(24)32-29/h1-19H. The number of aromatic nitrogens is 1. The van der Waals surface area contributed by atoms with E-state index >= 15 is 0 Å². The van der Waals surface area contributed by atoms with E-state index in [9.17, 15) is 0 Å². The summed E-state index contributed by atoms with van der Waals surface area (Å²) in [5.74, 6) is 0. The molecule has 0 atom stereocenters. The molecule has 0 N–H and O–H groups in total. The van der Waals surface area contributed by atoms with Crippen molar-refractivity contribution in [1.82, 2.24) is 4.57 Å². The summed E-state index contributed by atoms with van der Waals surface area (Å²) in [6, 6.07) is 41.7. The molecule has 0 aliphatic rings. The van der Waals surface area contributed by atoms with Crippen LogP contribution >= 0.6 is 11.3 Å². The van der Waals surface area contributed by atoms with E-state index in [0.29, 0.717) is 0 Å². The topological polar surface area (TPSA) is 4.93 Å². The lowest BCUT2D eigenvalue weighted by atomic mass is 9.98. The second-order valence-electron chi connectivity index (χ2n) is 8.20. The fraction of sp³-hybridized carbons (Fsp3) is 0. The summed E-state index contributed by atoms with van der Waals surface area (Å²) in [5.41, 5.74) is 6.24. The fourth-order valence-corrected chi connectivity index (χ4v) is 6.14. The van der Waals surface area contributed by atoms with Crippen LogP contribution < -0.4 is 0 Å². The van der Waals surface area contributed by atoms with Crippen molar-refractivity contribution in [2.75, 3.05) is 0 Å². The van der Waals surface area contributed by atoms with Gasteiger partial charge >= 0.3 is 0 Å². The van der Waals surface area contributed by atoms with Gasteiger partial charge in [-0.25, -0.2) is 0 Å². The van der Waals surface area contributed by atoms with Gasteiger partial charge in [0.25, 0.3) is 0 Å². The third-order valence-corrected chi connectivity index (χ3v) is 7.54. The number of thiophene rings is 1. The molecule has 0 bridgehead atoms. The molecule has 1 nitrogen and oxygen atoms in total. The molecule has 2 aromatic heterocycles.